The topological polar surface area (TPSA) is 90.0 Å². The third-order valence-electron chi connectivity index (χ3n) is 5.68. The largest absolute Gasteiger partial charge is 0.491 e. The molecule has 0 aliphatic carbocycles. The number of hydrogen-bond donors (Lipinski definition) is 1. The van der Waals surface area contributed by atoms with Gasteiger partial charge in [-0.2, -0.15) is 0 Å². The minimum absolute atomic E-state index is 0.357. The number of pyridine rings is 1. The molecule has 1 N–H and O–H groups in total. The maximum Gasteiger partial charge on any atom is 0.407 e. The van der Waals surface area contributed by atoms with Gasteiger partial charge in [0, 0.05) is 43.1 Å². The zero-order valence-corrected chi connectivity index (χ0v) is 25.6. The average Bonchev–Trinajstić information content (AvgIpc) is 2.87. The summed E-state index contributed by atoms with van der Waals surface area (Å²) in [5.74, 6) is 7.24. The number of benzene rings is 1. The molecule has 1 aromatic heterocycles. The number of aryl methyl sites for hydroxylation is 1. The molecule has 2 rings (SSSR count). The first-order valence-electron chi connectivity index (χ1n) is 13.7. The summed E-state index contributed by atoms with van der Waals surface area (Å²) in [6.45, 7) is 18.0. The lowest BCUT2D eigenvalue weighted by molar-refractivity contribution is 0.0525. The van der Waals surface area contributed by atoms with Gasteiger partial charge in [-0.05, 0) is 84.7 Å². The van der Waals surface area contributed by atoms with Crippen molar-refractivity contribution in [3.8, 4) is 17.6 Å². The lowest BCUT2D eigenvalue weighted by Gasteiger charge is -2.24. The van der Waals surface area contributed by atoms with E-state index in [9.17, 15) is 9.36 Å². The Bertz CT molecular complexity index is 1210. The monoisotopic (exact) mass is 557 g/mol. The Morgan fingerprint density at radius 2 is 1.74 bits per heavy atom. The third-order valence-corrected chi connectivity index (χ3v) is 7.49. The van der Waals surface area contributed by atoms with Crippen molar-refractivity contribution in [3.63, 3.8) is 0 Å². The quantitative estimate of drug-likeness (QED) is 0.202. The van der Waals surface area contributed by atoms with Gasteiger partial charge in [-0.25, -0.2) is 9.78 Å². The molecule has 1 amide bonds. The predicted octanol–water partition coefficient (Wildman–Crippen LogP) is 5.75. The zero-order valence-electron chi connectivity index (χ0n) is 24.7. The lowest BCUT2D eigenvalue weighted by Crippen LogP contribution is -2.33. The van der Waals surface area contributed by atoms with Crippen LogP contribution in [0.4, 0.5) is 10.5 Å². The minimum Gasteiger partial charge on any atom is -0.491 e. The number of anilines is 1. The first-order chi connectivity index (χ1) is 18.4. The van der Waals surface area contributed by atoms with Gasteiger partial charge in [-0.15, -0.1) is 0 Å². The van der Waals surface area contributed by atoms with Crippen molar-refractivity contribution in [2.45, 2.75) is 66.9 Å². The smallest absolute Gasteiger partial charge is 0.407 e. The van der Waals surface area contributed by atoms with E-state index in [2.05, 4.69) is 40.9 Å². The van der Waals surface area contributed by atoms with E-state index in [1.54, 1.807) is 12.7 Å². The van der Waals surface area contributed by atoms with Crippen molar-refractivity contribution in [1.82, 2.24) is 10.3 Å². The molecule has 0 aliphatic heterocycles. The maximum absolute atomic E-state index is 13.0. The van der Waals surface area contributed by atoms with E-state index < -0.39 is 19.1 Å². The first kappa shape index (κ1) is 32.2. The van der Waals surface area contributed by atoms with Crippen LogP contribution in [0.3, 0.4) is 0 Å². The Morgan fingerprint density at radius 3 is 2.36 bits per heavy atom. The fraction of sp³-hybridized carbons (Fsp3) is 0.533. The Balaban J connectivity index is 2.21. The number of carbonyl (C=O) groups excluding carboxylic acids is 1. The van der Waals surface area contributed by atoms with Gasteiger partial charge >= 0.3 is 6.09 Å². The van der Waals surface area contributed by atoms with E-state index in [0.717, 1.165) is 41.3 Å². The van der Waals surface area contributed by atoms with E-state index in [1.807, 2.05) is 58.9 Å². The van der Waals surface area contributed by atoms with Crippen LogP contribution in [0.1, 0.15) is 71.7 Å². The fourth-order valence-electron chi connectivity index (χ4n) is 3.78. The third kappa shape index (κ3) is 10.6. The highest BCUT2D eigenvalue weighted by molar-refractivity contribution is 7.65. The summed E-state index contributed by atoms with van der Waals surface area (Å²) >= 11 is 0. The molecule has 0 saturated carbocycles. The molecule has 0 spiro atoms. The molecular weight excluding hydrogens is 513 g/mol. The van der Waals surface area contributed by atoms with Crippen LogP contribution in [0.15, 0.2) is 30.3 Å². The molecular formula is C30H44N3O5P. The van der Waals surface area contributed by atoms with Crippen molar-refractivity contribution >= 4 is 24.6 Å². The maximum atomic E-state index is 13.0. The summed E-state index contributed by atoms with van der Waals surface area (Å²) in [7, 11) is -3.01. The number of carbonyl (C=O) groups is 1. The molecule has 8 nitrogen and oxygen atoms in total. The molecule has 39 heavy (non-hydrogen) atoms. The van der Waals surface area contributed by atoms with Gasteiger partial charge in [0.1, 0.15) is 16.8 Å². The molecule has 214 valence electrons. The Hall–Kier alpha value is -3.01. The van der Waals surface area contributed by atoms with E-state index >= 15 is 0 Å². The number of hydrogen-bond acceptors (Lipinski definition) is 7. The van der Waals surface area contributed by atoms with Gasteiger partial charge in [0.15, 0.2) is 0 Å². The first-order valence-corrected chi connectivity index (χ1v) is 15.7. The van der Waals surface area contributed by atoms with Crippen molar-refractivity contribution in [2.24, 2.45) is 0 Å². The second-order valence-corrected chi connectivity index (χ2v) is 12.5. The standard InChI is InChI=1S/C30H44N3O5P/c1-9-25-20-24(22-28(32-25)39(8,35)37-12-4)15-14-23-16-17-27(26(21-23)33(10-2)11-3)36-19-13-18-31-29(34)38-30(5,6)7/h16-17,20-22H,9-13,18-19H2,1-8H3,(H,31,34). The summed E-state index contributed by atoms with van der Waals surface area (Å²) < 4.78 is 29.8. The van der Waals surface area contributed by atoms with E-state index in [1.165, 1.54) is 0 Å². The summed E-state index contributed by atoms with van der Waals surface area (Å²) in [4.78, 5) is 18.6. The van der Waals surface area contributed by atoms with Gasteiger partial charge in [0.2, 0.25) is 7.37 Å². The summed E-state index contributed by atoms with van der Waals surface area (Å²) in [5.41, 5.74) is 3.31. The van der Waals surface area contributed by atoms with Crippen LogP contribution < -0.4 is 20.4 Å². The van der Waals surface area contributed by atoms with Crippen LogP contribution in [0, 0.1) is 11.8 Å². The zero-order chi connectivity index (χ0) is 29.1. The highest BCUT2D eigenvalue weighted by Gasteiger charge is 2.21. The van der Waals surface area contributed by atoms with E-state index in [-0.39, 0.29) is 0 Å². The molecule has 0 aliphatic rings. The molecule has 9 heteroatoms. The second-order valence-electron chi connectivity index (χ2n) is 10.1. The number of amides is 1. The molecule has 0 fully saturated rings. The van der Waals surface area contributed by atoms with Crippen LogP contribution in [0.2, 0.25) is 0 Å². The number of alkyl carbamates (subject to hydrolysis) is 1. The number of rotatable bonds is 12. The Morgan fingerprint density at radius 1 is 1.05 bits per heavy atom. The van der Waals surface area contributed by atoms with Crippen LogP contribution in [0.5, 0.6) is 5.75 Å². The highest BCUT2D eigenvalue weighted by Crippen LogP contribution is 2.40. The Kier molecular flexibility index (Phi) is 12.3. The van der Waals surface area contributed by atoms with E-state index in [0.29, 0.717) is 38.0 Å². The van der Waals surface area contributed by atoms with Crippen molar-refractivity contribution in [1.29, 1.82) is 0 Å². The van der Waals surface area contributed by atoms with Gasteiger partial charge in [0.25, 0.3) is 0 Å². The van der Waals surface area contributed by atoms with Gasteiger partial charge in [0.05, 0.1) is 18.9 Å². The van der Waals surface area contributed by atoms with E-state index in [4.69, 9.17) is 14.0 Å². The normalized spacial score (nSPS) is 12.6. The average molecular weight is 558 g/mol. The number of ether oxygens (including phenoxy) is 2. The SMILES string of the molecule is CCOP(C)(=O)c1cc(C#Cc2ccc(OCCCNC(=O)OC(C)(C)C)c(N(CC)CC)c2)cc(CC)n1. The van der Waals surface area contributed by atoms with Crippen molar-refractivity contribution < 1.29 is 23.4 Å². The summed E-state index contributed by atoms with van der Waals surface area (Å²) in [6, 6.07) is 9.58. The van der Waals surface area contributed by atoms with Crippen LogP contribution >= 0.6 is 7.37 Å². The minimum atomic E-state index is -3.01. The number of nitrogens with one attached hydrogen (secondary N) is 1. The summed E-state index contributed by atoms with van der Waals surface area (Å²) in [6.07, 6.45) is 0.924. The van der Waals surface area contributed by atoms with Crippen molar-refractivity contribution in [3.05, 3.63) is 47.2 Å². The molecule has 1 unspecified atom stereocenters. The van der Waals surface area contributed by atoms with Crippen LogP contribution in [-0.2, 0) is 20.2 Å². The van der Waals surface area contributed by atoms with Gasteiger partial charge in [-0.1, -0.05) is 18.8 Å². The van der Waals surface area contributed by atoms with Gasteiger partial charge < -0.3 is 24.2 Å². The van der Waals surface area contributed by atoms with Crippen LogP contribution in [-0.4, -0.2) is 56.2 Å². The molecule has 1 heterocycles. The fourth-order valence-corrected chi connectivity index (χ4v) is 5.09. The molecule has 1 aromatic carbocycles. The second kappa shape index (κ2) is 15.0. The van der Waals surface area contributed by atoms with Crippen LogP contribution in [0.25, 0.3) is 0 Å². The number of aromatic nitrogens is 1. The molecule has 0 radical (unpaired) electrons. The summed E-state index contributed by atoms with van der Waals surface area (Å²) in [5, 5.41) is 2.76. The molecule has 0 bridgehead atoms. The van der Waals surface area contributed by atoms with Gasteiger partial charge in [-0.3, -0.25) is 4.57 Å². The Labute approximate surface area is 234 Å². The lowest BCUT2D eigenvalue weighted by atomic mass is 10.1. The molecule has 2 aromatic rings. The molecule has 0 saturated heterocycles. The molecule has 1 atom stereocenters. The highest BCUT2D eigenvalue weighted by atomic mass is 31.2. The number of nitrogens with zero attached hydrogens (tertiary/aromatic N) is 2. The van der Waals surface area contributed by atoms with Crippen molar-refractivity contribution in [2.75, 3.05) is 44.4 Å². The predicted molar refractivity (Wildman–Crippen MR) is 159 cm³/mol.